The molecule has 0 aliphatic heterocycles. The Balaban J connectivity index is 2.86. The van der Waals surface area contributed by atoms with Crippen molar-refractivity contribution in [3.05, 3.63) is 20.8 Å². The van der Waals surface area contributed by atoms with E-state index in [2.05, 4.69) is 15.2 Å². The smallest absolute Gasteiger partial charge is 0.342 e. The zero-order valence-electron chi connectivity index (χ0n) is 9.73. The standard InChI is InChI=1S/C9H17N5O3/c1-17-6-5-14(4-2-3-10)7-8(15)11-9(16)13-12-7/h2-6,10H2,1H3,(H2,11,13,15,16). The third kappa shape index (κ3) is 4.00. The molecular weight excluding hydrogens is 226 g/mol. The van der Waals surface area contributed by atoms with E-state index >= 15 is 0 Å². The van der Waals surface area contributed by atoms with Gasteiger partial charge in [-0.2, -0.15) is 0 Å². The summed E-state index contributed by atoms with van der Waals surface area (Å²) in [5, 5.41) is 5.93. The minimum Gasteiger partial charge on any atom is -0.383 e. The Bertz CT molecular complexity index is 433. The maximum atomic E-state index is 11.6. The van der Waals surface area contributed by atoms with Crippen LogP contribution in [0.25, 0.3) is 0 Å². The van der Waals surface area contributed by atoms with Gasteiger partial charge in [0.15, 0.2) is 0 Å². The van der Waals surface area contributed by atoms with Gasteiger partial charge in [-0.15, -0.1) is 5.10 Å². The molecule has 0 amide bonds. The lowest BCUT2D eigenvalue weighted by atomic mass is 10.3. The number of aromatic nitrogens is 3. The second-order valence-corrected chi connectivity index (χ2v) is 3.45. The Kier molecular flexibility index (Phi) is 5.37. The van der Waals surface area contributed by atoms with Crippen LogP contribution in [0.3, 0.4) is 0 Å². The van der Waals surface area contributed by atoms with Gasteiger partial charge in [0.25, 0.3) is 5.56 Å². The van der Waals surface area contributed by atoms with E-state index < -0.39 is 11.2 Å². The monoisotopic (exact) mass is 243 g/mol. The van der Waals surface area contributed by atoms with Crippen molar-refractivity contribution in [2.75, 3.05) is 38.3 Å². The molecule has 0 radical (unpaired) electrons. The summed E-state index contributed by atoms with van der Waals surface area (Å²) in [6, 6.07) is 0. The van der Waals surface area contributed by atoms with Crippen molar-refractivity contribution >= 4 is 5.82 Å². The molecule has 1 rings (SSSR count). The van der Waals surface area contributed by atoms with Gasteiger partial charge in [-0.3, -0.25) is 9.78 Å². The first-order chi connectivity index (χ1) is 8.19. The lowest BCUT2D eigenvalue weighted by Gasteiger charge is -2.21. The highest BCUT2D eigenvalue weighted by Crippen LogP contribution is 2.01. The van der Waals surface area contributed by atoms with Crippen LogP contribution in [0.2, 0.25) is 0 Å². The average Bonchev–Trinajstić information content (AvgIpc) is 2.30. The minimum atomic E-state index is -0.621. The molecule has 96 valence electrons. The molecule has 0 spiro atoms. The summed E-state index contributed by atoms with van der Waals surface area (Å²) in [6.07, 6.45) is 0.726. The van der Waals surface area contributed by atoms with Gasteiger partial charge >= 0.3 is 5.69 Å². The summed E-state index contributed by atoms with van der Waals surface area (Å²) in [5.41, 5.74) is 4.29. The van der Waals surface area contributed by atoms with Crippen LogP contribution in [0.15, 0.2) is 9.59 Å². The number of rotatable bonds is 7. The maximum Gasteiger partial charge on any atom is 0.342 e. The molecular formula is C9H17N5O3. The third-order valence-electron chi connectivity index (χ3n) is 2.19. The highest BCUT2D eigenvalue weighted by molar-refractivity contribution is 5.33. The third-order valence-corrected chi connectivity index (χ3v) is 2.19. The van der Waals surface area contributed by atoms with Crippen molar-refractivity contribution in [1.82, 2.24) is 15.2 Å². The molecule has 0 fully saturated rings. The number of nitrogens with one attached hydrogen (secondary N) is 2. The van der Waals surface area contributed by atoms with E-state index in [0.717, 1.165) is 6.42 Å². The summed E-state index contributed by atoms with van der Waals surface area (Å²) in [5.74, 6) is 0.176. The Morgan fingerprint density at radius 1 is 1.41 bits per heavy atom. The van der Waals surface area contributed by atoms with E-state index in [4.69, 9.17) is 10.5 Å². The molecule has 0 aliphatic carbocycles. The topological polar surface area (TPSA) is 117 Å². The van der Waals surface area contributed by atoms with Crippen LogP contribution in [0.1, 0.15) is 6.42 Å². The van der Waals surface area contributed by atoms with E-state index in [9.17, 15) is 9.59 Å². The molecule has 0 bridgehead atoms. The first-order valence-electron chi connectivity index (χ1n) is 5.32. The number of H-pyrrole nitrogens is 2. The number of hydrogen-bond donors (Lipinski definition) is 3. The van der Waals surface area contributed by atoms with Crippen molar-refractivity contribution in [2.24, 2.45) is 5.73 Å². The molecule has 0 saturated heterocycles. The lowest BCUT2D eigenvalue weighted by molar-refractivity contribution is 0.205. The second kappa shape index (κ2) is 6.81. The highest BCUT2D eigenvalue weighted by atomic mass is 16.5. The molecule has 8 nitrogen and oxygen atoms in total. The first-order valence-corrected chi connectivity index (χ1v) is 5.32. The fraction of sp³-hybridized carbons (Fsp3) is 0.667. The van der Waals surface area contributed by atoms with Crippen LogP contribution < -0.4 is 21.9 Å². The van der Waals surface area contributed by atoms with Gasteiger partial charge in [0.2, 0.25) is 5.82 Å². The van der Waals surface area contributed by atoms with Crippen LogP contribution in [-0.4, -0.2) is 48.5 Å². The maximum absolute atomic E-state index is 11.6. The summed E-state index contributed by atoms with van der Waals surface area (Å²) in [6.45, 7) is 2.08. The highest BCUT2D eigenvalue weighted by Gasteiger charge is 2.12. The normalized spacial score (nSPS) is 10.5. The zero-order valence-corrected chi connectivity index (χ0v) is 9.73. The number of nitrogens with zero attached hydrogens (tertiary/aromatic N) is 2. The molecule has 8 heteroatoms. The van der Waals surface area contributed by atoms with Crippen molar-refractivity contribution < 1.29 is 4.74 Å². The van der Waals surface area contributed by atoms with E-state index in [-0.39, 0.29) is 5.82 Å². The Morgan fingerprint density at radius 2 is 2.18 bits per heavy atom. The fourth-order valence-corrected chi connectivity index (χ4v) is 1.36. The van der Waals surface area contributed by atoms with Crippen molar-refractivity contribution in [3.63, 3.8) is 0 Å². The van der Waals surface area contributed by atoms with Crippen molar-refractivity contribution in [1.29, 1.82) is 0 Å². The molecule has 0 aliphatic rings. The van der Waals surface area contributed by atoms with Gasteiger partial charge < -0.3 is 15.4 Å². The van der Waals surface area contributed by atoms with Crippen LogP contribution in [0.5, 0.6) is 0 Å². The molecule has 0 unspecified atom stereocenters. The number of hydrogen-bond acceptors (Lipinski definition) is 6. The predicted molar refractivity (Wildman–Crippen MR) is 63.2 cm³/mol. The lowest BCUT2D eigenvalue weighted by Crippen LogP contribution is -2.37. The summed E-state index contributed by atoms with van der Waals surface area (Å²) >= 11 is 0. The SMILES string of the molecule is COCCN(CCCN)c1n[nH]c(=O)[nH]c1=O. The Hall–Kier alpha value is -1.67. The van der Waals surface area contributed by atoms with Gasteiger partial charge in [-0.25, -0.2) is 9.89 Å². The van der Waals surface area contributed by atoms with Crippen LogP contribution in [0, 0.1) is 0 Å². The van der Waals surface area contributed by atoms with E-state index in [1.165, 1.54) is 0 Å². The molecule has 1 aromatic heterocycles. The Labute approximate surface area is 97.8 Å². The van der Waals surface area contributed by atoms with E-state index in [1.807, 2.05) is 0 Å². The first kappa shape index (κ1) is 13.4. The van der Waals surface area contributed by atoms with Gasteiger partial charge in [0.05, 0.1) is 6.61 Å². The Morgan fingerprint density at radius 3 is 2.76 bits per heavy atom. The number of ether oxygens (including phenoxy) is 1. The molecule has 1 heterocycles. The van der Waals surface area contributed by atoms with Crippen LogP contribution >= 0.6 is 0 Å². The minimum absolute atomic E-state index is 0.176. The number of methoxy groups -OCH3 is 1. The average molecular weight is 243 g/mol. The summed E-state index contributed by atoms with van der Waals surface area (Å²) in [4.78, 5) is 26.3. The number of anilines is 1. The van der Waals surface area contributed by atoms with Crippen LogP contribution in [0.4, 0.5) is 5.82 Å². The molecule has 1 aromatic rings. The summed E-state index contributed by atoms with van der Waals surface area (Å²) < 4.78 is 4.95. The van der Waals surface area contributed by atoms with Gasteiger partial charge in [0.1, 0.15) is 0 Å². The molecule has 0 saturated carbocycles. The van der Waals surface area contributed by atoms with E-state index in [0.29, 0.717) is 26.2 Å². The second-order valence-electron chi connectivity index (χ2n) is 3.45. The molecule has 0 atom stereocenters. The van der Waals surface area contributed by atoms with Crippen molar-refractivity contribution in [3.8, 4) is 0 Å². The van der Waals surface area contributed by atoms with Gasteiger partial charge in [0, 0.05) is 20.2 Å². The van der Waals surface area contributed by atoms with Gasteiger partial charge in [-0.1, -0.05) is 0 Å². The van der Waals surface area contributed by atoms with Gasteiger partial charge in [-0.05, 0) is 13.0 Å². The molecule has 0 aromatic carbocycles. The molecule has 17 heavy (non-hydrogen) atoms. The zero-order chi connectivity index (χ0) is 12.7. The predicted octanol–water partition coefficient (Wildman–Crippen LogP) is -1.74. The fourth-order valence-electron chi connectivity index (χ4n) is 1.36. The van der Waals surface area contributed by atoms with Crippen LogP contribution in [-0.2, 0) is 4.74 Å². The summed E-state index contributed by atoms with van der Waals surface area (Å²) in [7, 11) is 1.58. The van der Waals surface area contributed by atoms with E-state index in [1.54, 1.807) is 12.0 Å². The quantitative estimate of drug-likeness (QED) is 0.523. The molecule has 4 N–H and O–H groups in total. The largest absolute Gasteiger partial charge is 0.383 e. The number of nitrogens with two attached hydrogens (primary N) is 1. The van der Waals surface area contributed by atoms with Crippen molar-refractivity contribution in [2.45, 2.75) is 6.42 Å². The number of aromatic amines is 2.